The molecular weight excluding hydrogens is 248 g/mol. The lowest BCUT2D eigenvalue weighted by atomic mass is 10.00. The second-order valence-electron chi connectivity index (χ2n) is 4.55. The third kappa shape index (κ3) is 4.67. The Morgan fingerprint density at radius 2 is 1.89 bits per heavy atom. The van der Waals surface area contributed by atoms with Gasteiger partial charge in [-0.2, -0.15) is 0 Å². The van der Waals surface area contributed by atoms with Crippen molar-refractivity contribution in [2.75, 3.05) is 13.1 Å². The van der Waals surface area contributed by atoms with Gasteiger partial charge in [0.25, 0.3) is 0 Å². The number of amides is 1. The van der Waals surface area contributed by atoms with Crippen LogP contribution < -0.4 is 11.1 Å². The monoisotopic (exact) mass is 270 g/mol. The van der Waals surface area contributed by atoms with Gasteiger partial charge in [-0.25, -0.2) is 0 Å². The second kappa shape index (κ2) is 8.11. The molecule has 1 unspecified atom stereocenters. The van der Waals surface area contributed by atoms with E-state index in [0.29, 0.717) is 13.1 Å². The van der Waals surface area contributed by atoms with Crippen molar-refractivity contribution in [3.63, 3.8) is 0 Å². The first-order valence-corrected chi connectivity index (χ1v) is 6.09. The van der Waals surface area contributed by atoms with Gasteiger partial charge in [-0.1, -0.05) is 25.1 Å². The second-order valence-corrected chi connectivity index (χ2v) is 4.55. The number of carbonyl (C=O) groups excluding carboxylic acids is 1. The van der Waals surface area contributed by atoms with Crippen molar-refractivity contribution in [1.29, 1.82) is 0 Å². The molecule has 0 aliphatic heterocycles. The lowest BCUT2D eigenvalue weighted by Gasteiger charge is -2.12. The highest BCUT2D eigenvalue weighted by Crippen LogP contribution is 2.13. The van der Waals surface area contributed by atoms with Gasteiger partial charge < -0.3 is 11.1 Å². The Labute approximate surface area is 116 Å². The van der Waals surface area contributed by atoms with Crippen molar-refractivity contribution in [3.05, 3.63) is 34.9 Å². The van der Waals surface area contributed by atoms with Gasteiger partial charge in [-0.3, -0.25) is 4.79 Å². The van der Waals surface area contributed by atoms with Gasteiger partial charge in [-0.05, 0) is 37.0 Å². The molecule has 0 fully saturated rings. The SMILES string of the molecule is Cc1cccc(C)c1CCNC(=O)C(C)CN.Cl. The lowest BCUT2D eigenvalue weighted by molar-refractivity contribution is -0.124. The first-order chi connectivity index (χ1) is 8.06. The minimum atomic E-state index is -0.104. The van der Waals surface area contributed by atoms with E-state index in [1.807, 2.05) is 6.92 Å². The molecule has 0 aliphatic carbocycles. The maximum atomic E-state index is 11.5. The van der Waals surface area contributed by atoms with E-state index in [1.165, 1.54) is 16.7 Å². The van der Waals surface area contributed by atoms with Crippen LogP contribution in [0, 0.1) is 19.8 Å². The van der Waals surface area contributed by atoms with Crippen molar-refractivity contribution in [2.45, 2.75) is 27.2 Å². The zero-order valence-electron chi connectivity index (χ0n) is 11.3. The van der Waals surface area contributed by atoms with E-state index in [2.05, 4.69) is 37.4 Å². The molecule has 0 radical (unpaired) electrons. The predicted octanol–water partition coefficient (Wildman–Crippen LogP) is 1.98. The number of hydrogen-bond donors (Lipinski definition) is 2. The van der Waals surface area contributed by atoms with Gasteiger partial charge in [-0.15, -0.1) is 12.4 Å². The Morgan fingerprint density at radius 1 is 1.33 bits per heavy atom. The number of benzene rings is 1. The first kappa shape index (κ1) is 16.9. The summed E-state index contributed by atoms with van der Waals surface area (Å²) < 4.78 is 0. The van der Waals surface area contributed by atoms with Crippen LogP contribution in [0.5, 0.6) is 0 Å². The van der Waals surface area contributed by atoms with Gasteiger partial charge in [0.15, 0.2) is 0 Å². The number of rotatable bonds is 5. The van der Waals surface area contributed by atoms with Crippen LogP contribution in [0.15, 0.2) is 18.2 Å². The number of halogens is 1. The molecule has 0 saturated carbocycles. The van der Waals surface area contributed by atoms with Gasteiger partial charge in [0.05, 0.1) is 0 Å². The molecular formula is C14H23ClN2O. The summed E-state index contributed by atoms with van der Waals surface area (Å²) in [5, 5.41) is 2.92. The van der Waals surface area contributed by atoms with Crippen LogP contribution in [0.2, 0.25) is 0 Å². The molecule has 4 heteroatoms. The molecule has 1 rings (SSSR count). The fraction of sp³-hybridized carbons (Fsp3) is 0.500. The van der Waals surface area contributed by atoms with Gasteiger partial charge in [0.1, 0.15) is 0 Å². The Morgan fingerprint density at radius 3 is 2.39 bits per heavy atom. The molecule has 1 aromatic rings. The fourth-order valence-electron chi connectivity index (χ4n) is 1.84. The quantitative estimate of drug-likeness (QED) is 0.860. The predicted molar refractivity (Wildman–Crippen MR) is 78.1 cm³/mol. The molecule has 102 valence electrons. The summed E-state index contributed by atoms with van der Waals surface area (Å²) in [7, 11) is 0. The molecule has 0 aromatic heterocycles. The zero-order valence-corrected chi connectivity index (χ0v) is 12.1. The maximum absolute atomic E-state index is 11.5. The number of nitrogens with two attached hydrogens (primary N) is 1. The van der Waals surface area contributed by atoms with Crippen molar-refractivity contribution in [1.82, 2.24) is 5.32 Å². The summed E-state index contributed by atoms with van der Waals surface area (Å²) in [5.41, 5.74) is 9.34. The van der Waals surface area contributed by atoms with Gasteiger partial charge in [0, 0.05) is 19.0 Å². The molecule has 0 heterocycles. The van der Waals surface area contributed by atoms with Gasteiger partial charge in [0.2, 0.25) is 5.91 Å². The molecule has 0 saturated heterocycles. The summed E-state index contributed by atoms with van der Waals surface area (Å²) in [6, 6.07) is 6.27. The van der Waals surface area contributed by atoms with Crippen molar-refractivity contribution in [2.24, 2.45) is 11.7 Å². The van der Waals surface area contributed by atoms with E-state index in [1.54, 1.807) is 0 Å². The number of aryl methyl sites for hydroxylation is 2. The summed E-state index contributed by atoms with van der Waals surface area (Å²) in [4.78, 5) is 11.5. The summed E-state index contributed by atoms with van der Waals surface area (Å²) >= 11 is 0. The Balaban J connectivity index is 0.00000289. The fourth-order valence-corrected chi connectivity index (χ4v) is 1.84. The molecule has 1 aromatic carbocycles. The maximum Gasteiger partial charge on any atom is 0.224 e. The minimum Gasteiger partial charge on any atom is -0.355 e. The van der Waals surface area contributed by atoms with Crippen LogP contribution in [-0.2, 0) is 11.2 Å². The average molecular weight is 271 g/mol. The van der Waals surface area contributed by atoms with E-state index in [-0.39, 0.29) is 24.2 Å². The highest BCUT2D eigenvalue weighted by molar-refractivity contribution is 5.85. The normalized spacial score (nSPS) is 11.6. The third-order valence-corrected chi connectivity index (χ3v) is 3.12. The number of carbonyl (C=O) groups is 1. The molecule has 0 aliphatic rings. The van der Waals surface area contributed by atoms with Crippen LogP contribution >= 0.6 is 12.4 Å². The van der Waals surface area contributed by atoms with Crippen molar-refractivity contribution in [3.8, 4) is 0 Å². The van der Waals surface area contributed by atoms with Crippen LogP contribution in [0.3, 0.4) is 0 Å². The molecule has 18 heavy (non-hydrogen) atoms. The Hall–Kier alpha value is -1.06. The lowest BCUT2D eigenvalue weighted by Crippen LogP contribution is -2.34. The van der Waals surface area contributed by atoms with E-state index < -0.39 is 0 Å². The van der Waals surface area contributed by atoms with Crippen molar-refractivity contribution < 1.29 is 4.79 Å². The Kier molecular flexibility index (Phi) is 7.64. The molecule has 0 spiro atoms. The number of nitrogens with one attached hydrogen (secondary N) is 1. The van der Waals surface area contributed by atoms with Crippen LogP contribution in [0.1, 0.15) is 23.6 Å². The van der Waals surface area contributed by atoms with E-state index in [9.17, 15) is 4.79 Å². The highest BCUT2D eigenvalue weighted by atomic mass is 35.5. The number of hydrogen-bond acceptors (Lipinski definition) is 2. The van der Waals surface area contributed by atoms with Gasteiger partial charge >= 0.3 is 0 Å². The van der Waals surface area contributed by atoms with E-state index in [4.69, 9.17) is 5.73 Å². The molecule has 3 nitrogen and oxygen atoms in total. The van der Waals surface area contributed by atoms with E-state index >= 15 is 0 Å². The van der Waals surface area contributed by atoms with Crippen LogP contribution in [-0.4, -0.2) is 19.0 Å². The largest absolute Gasteiger partial charge is 0.355 e. The third-order valence-electron chi connectivity index (χ3n) is 3.12. The van der Waals surface area contributed by atoms with Crippen LogP contribution in [0.25, 0.3) is 0 Å². The summed E-state index contributed by atoms with van der Waals surface area (Å²) in [5.74, 6) is -0.0632. The smallest absolute Gasteiger partial charge is 0.224 e. The highest BCUT2D eigenvalue weighted by Gasteiger charge is 2.10. The molecule has 0 bridgehead atoms. The molecule has 3 N–H and O–H groups in total. The standard InChI is InChI=1S/C14H22N2O.ClH/c1-10-5-4-6-11(2)13(10)7-8-16-14(17)12(3)9-15;/h4-6,12H,7-9,15H2,1-3H3,(H,16,17);1H. The van der Waals surface area contributed by atoms with E-state index in [0.717, 1.165) is 6.42 Å². The molecule has 1 atom stereocenters. The van der Waals surface area contributed by atoms with Crippen LogP contribution in [0.4, 0.5) is 0 Å². The van der Waals surface area contributed by atoms with Crippen molar-refractivity contribution >= 4 is 18.3 Å². The molecule has 1 amide bonds. The topological polar surface area (TPSA) is 55.1 Å². The minimum absolute atomic E-state index is 0. The Bertz CT molecular complexity index is 373. The zero-order chi connectivity index (χ0) is 12.8. The average Bonchev–Trinajstić information content (AvgIpc) is 2.31. The summed E-state index contributed by atoms with van der Waals surface area (Å²) in [6.45, 7) is 7.12. The summed E-state index contributed by atoms with van der Waals surface area (Å²) in [6.07, 6.45) is 0.877. The first-order valence-electron chi connectivity index (χ1n) is 6.09.